The van der Waals surface area contributed by atoms with Gasteiger partial charge in [0, 0.05) is 5.38 Å². The first-order valence-electron chi connectivity index (χ1n) is 5.84. The number of hydrogen-bond acceptors (Lipinski definition) is 4. The van der Waals surface area contributed by atoms with Gasteiger partial charge in [-0.2, -0.15) is 11.3 Å². The number of nitrogens with two attached hydrogens (primary N) is 1. The fourth-order valence-electron chi connectivity index (χ4n) is 1.72. The Hall–Kier alpha value is -1.70. The first-order valence-corrected chi connectivity index (χ1v) is 8.32. The van der Waals surface area contributed by atoms with E-state index in [0.717, 1.165) is 0 Å². The molecular formula is C13H14N2O3S2. The van der Waals surface area contributed by atoms with Gasteiger partial charge in [0.2, 0.25) is 10.0 Å². The Bertz CT molecular complexity index is 709. The zero-order valence-corrected chi connectivity index (χ0v) is 12.4. The van der Waals surface area contributed by atoms with E-state index >= 15 is 0 Å². The highest BCUT2D eigenvalue weighted by Crippen LogP contribution is 2.17. The molecule has 0 bridgehead atoms. The van der Waals surface area contributed by atoms with Crippen molar-refractivity contribution in [2.24, 2.45) is 5.14 Å². The van der Waals surface area contributed by atoms with Crippen LogP contribution in [0.5, 0.6) is 0 Å². The van der Waals surface area contributed by atoms with Crippen molar-refractivity contribution in [3.8, 4) is 0 Å². The van der Waals surface area contributed by atoms with E-state index in [1.54, 1.807) is 30.5 Å². The van der Waals surface area contributed by atoms with Crippen molar-refractivity contribution in [3.05, 3.63) is 52.2 Å². The summed E-state index contributed by atoms with van der Waals surface area (Å²) >= 11 is 1.44. The SMILES string of the molecule is C[C@H](NC(=O)c1ccsc1)c1cccc(S(N)(=O)=O)c1. The minimum Gasteiger partial charge on any atom is -0.345 e. The lowest BCUT2D eigenvalue weighted by atomic mass is 10.1. The lowest BCUT2D eigenvalue weighted by molar-refractivity contribution is 0.0940. The highest BCUT2D eigenvalue weighted by molar-refractivity contribution is 7.89. The number of nitrogens with one attached hydrogen (secondary N) is 1. The van der Waals surface area contributed by atoms with Crippen molar-refractivity contribution in [1.29, 1.82) is 0 Å². The second-order valence-electron chi connectivity index (χ2n) is 4.32. The van der Waals surface area contributed by atoms with Crippen molar-refractivity contribution in [3.63, 3.8) is 0 Å². The van der Waals surface area contributed by atoms with Gasteiger partial charge in [0.05, 0.1) is 16.5 Å². The molecule has 0 fully saturated rings. The maximum absolute atomic E-state index is 11.9. The molecule has 106 valence electrons. The Balaban J connectivity index is 2.18. The van der Waals surface area contributed by atoms with Crippen LogP contribution < -0.4 is 10.5 Å². The Morgan fingerprint density at radius 2 is 2.10 bits per heavy atom. The molecule has 0 aliphatic rings. The van der Waals surface area contributed by atoms with Crippen LogP contribution in [0.4, 0.5) is 0 Å². The Morgan fingerprint density at radius 1 is 1.35 bits per heavy atom. The van der Waals surface area contributed by atoms with Crippen LogP contribution in [0.15, 0.2) is 46.0 Å². The summed E-state index contributed by atoms with van der Waals surface area (Å²) in [5, 5.41) is 11.5. The highest BCUT2D eigenvalue weighted by atomic mass is 32.2. The maximum atomic E-state index is 11.9. The van der Waals surface area contributed by atoms with Crippen LogP contribution in [0.25, 0.3) is 0 Å². The van der Waals surface area contributed by atoms with Gasteiger partial charge in [-0.15, -0.1) is 0 Å². The van der Waals surface area contributed by atoms with Crippen LogP contribution in [0.3, 0.4) is 0 Å². The molecule has 1 aromatic heterocycles. The summed E-state index contributed by atoms with van der Waals surface area (Å²) in [6.45, 7) is 1.78. The van der Waals surface area contributed by atoms with Crippen LogP contribution in [-0.2, 0) is 10.0 Å². The number of amides is 1. The first kappa shape index (κ1) is 14.7. The van der Waals surface area contributed by atoms with Gasteiger partial charge in [0.25, 0.3) is 5.91 Å². The molecule has 20 heavy (non-hydrogen) atoms. The van der Waals surface area contributed by atoms with E-state index in [4.69, 9.17) is 5.14 Å². The predicted molar refractivity (Wildman–Crippen MR) is 78.0 cm³/mol. The van der Waals surface area contributed by atoms with E-state index < -0.39 is 10.0 Å². The van der Waals surface area contributed by atoms with E-state index in [1.165, 1.54) is 23.5 Å². The molecule has 2 rings (SSSR count). The summed E-state index contributed by atoms with van der Waals surface area (Å²) < 4.78 is 22.6. The zero-order chi connectivity index (χ0) is 14.8. The molecule has 0 aliphatic carbocycles. The third-order valence-electron chi connectivity index (χ3n) is 2.82. The first-order chi connectivity index (χ1) is 9.38. The standard InChI is InChI=1S/C13H14N2O3S2/c1-9(15-13(16)11-5-6-19-8-11)10-3-2-4-12(7-10)20(14,17)18/h2-9H,1H3,(H,15,16)(H2,14,17,18)/t9-/m0/s1. The molecule has 0 unspecified atom stereocenters. The molecule has 1 aromatic carbocycles. The van der Waals surface area contributed by atoms with E-state index in [2.05, 4.69) is 5.32 Å². The largest absolute Gasteiger partial charge is 0.345 e. The van der Waals surface area contributed by atoms with Crippen LogP contribution in [0, 0.1) is 0 Å². The third-order valence-corrected chi connectivity index (χ3v) is 4.41. The van der Waals surface area contributed by atoms with E-state index in [-0.39, 0.29) is 16.8 Å². The van der Waals surface area contributed by atoms with Gasteiger partial charge < -0.3 is 5.32 Å². The average molecular weight is 310 g/mol. The van der Waals surface area contributed by atoms with Gasteiger partial charge >= 0.3 is 0 Å². The number of thiophene rings is 1. The minimum absolute atomic E-state index is 0.0339. The quantitative estimate of drug-likeness (QED) is 0.903. The van der Waals surface area contributed by atoms with Crippen molar-refractivity contribution >= 4 is 27.3 Å². The fraction of sp³-hybridized carbons (Fsp3) is 0.154. The lowest BCUT2D eigenvalue weighted by Crippen LogP contribution is -2.26. The Morgan fingerprint density at radius 3 is 2.70 bits per heavy atom. The average Bonchev–Trinajstić information content (AvgIpc) is 2.91. The fourth-order valence-corrected chi connectivity index (χ4v) is 2.92. The molecule has 7 heteroatoms. The molecule has 0 saturated heterocycles. The third kappa shape index (κ3) is 3.44. The summed E-state index contributed by atoms with van der Waals surface area (Å²) in [4.78, 5) is 12.0. The second kappa shape index (κ2) is 5.74. The van der Waals surface area contributed by atoms with Crippen molar-refractivity contribution < 1.29 is 13.2 Å². The molecule has 1 amide bonds. The molecule has 0 saturated carbocycles. The smallest absolute Gasteiger partial charge is 0.252 e. The number of hydrogen-bond donors (Lipinski definition) is 2. The van der Waals surface area contributed by atoms with Gasteiger partial charge in [-0.3, -0.25) is 4.79 Å². The van der Waals surface area contributed by atoms with Gasteiger partial charge in [0.15, 0.2) is 0 Å². The molecule has 0 spiro atoms. The highest BCUT2D eigenvalue weighted by Gasteiger charge is 2.14. The number of carbonyl (C=O) groups excluding carboxylic acids is 1. The van der Waals surface area contributed by atoms with Gasteiger partial charge in [-0.05, 0) is 36.1 Å². The Kier molecular flexibility index (Phi) is 4.22. The number of primary sulfonamides is 1. The summed E-state index contributed by atoms with van der Waals surface area (Å²) in [5.74, 6) is -0.195. The maximum Gasteiger partial charge on any atom is 0.252 e. The number of rotatable bonds is 4. The van der Waals surface area contributed by atoms with E-state index in [9.17, 15) is 13.2 Å². The normalized spacial score (nSPS) is 12.9. The number of sulfonamides is 1. The van der Waals surface area contributed by atoms with Crippen molar-refractivity contribution in [2.45, 2.75) is 17.9 Å². The molecule has 1 heterocycles. The summed E-state index contributed by atoms with van der Waals surface area (Å²) in [6.07, 6.45) is 0. The summed E-state index contributed by atoms with van der Waals surface area (Å²) in [5.41, 5.74) is 1.27. The van der Waals surface area contributed by atoms with E-state index in [1.807, 2.05) is 5.38 Å². The molecular weight excluding hydrogens is 296 g/mol. The van der Waals surface area contributed by atoms with Crippen LogP contribution >= 0.6 is 11.3 Å². The summed E-state index contributed by atoms with van der Waals surface area (Å²) in [6, 6.07) is 7.65. The van der Waals surface area contributed by atoms with Gasteiger partial charge in [0.1, 0.15) is 0 Å². The predicted octanol–water partition coefficient (Wildman–Crippen LogP) is 1.89. The minimum atomic E-state index is -3.74. The molecule has 2 aromatic rings. The van der Waals surface area contributed by atoms with Gasteiger partial charge in [-0.1, -0.05) is 12.1 Å². The number of benzene rings is 1. The molecule has 1 atom stereocenters. The van der Waals surface area contributed by atoms with Crippen molar-refractivity contribution in [1.82, 2.24) is 5.32 Å². The topological polar surface area (TPSA) is 89.3 Å². The lowest BCUT2D eigenvalue weighted by Gasteiger charge is -2.14. The van der Waals surface area contributed by atoms with Crippen LogP contribution in [0.1, 0.15) is 28.9 Å². The zero-order valence-electron chi connectivity index (χ0n) is 10.7. The molecule has 5 nitrogen and oxygen atoms in total. The molecule has 0 radical (unpaired) electrons. The Labute approximate surface area is 121 Å². The molecule has 3 N–H and O–H groups in total. The van der Waals surface area contributed by atoms with Crippen LogP contribution in [0.2, 0.25) is 0 Å². The van der Waals surface area contributed by atoms with Crippen molar-refractivity contribution in [2.75, 3.05) is 0 Å². The van der Waals surface area contributed by atoms with Crippen LogP contribution in [-0.4, -0.2) is 14.3 Å². The molecule has 0 aliphatic heterocycles. The summed E-state index contributed by atoms with van der Waals surface area (Å²) in [7, 11) is -3.74. The van der Waals surface area contributed by atoms with Gasteiger partial charge in [-0.25, -0.2) is 13.6 Å². The van der Waals surface area contributed by atoms with E-state index in [0.29, 0.717) is 11.1 Å². The second-order valence-corrected chi connectivity index (χ2v) is 6.67. The number of carbonyl (C=O) groups is 1. The monoisotopic (exact) mass is 310 g/mol.